The molecule has 0 unspecified atom stereocenters. The summed E-state index contributed by atoms with van der Waals surface area (Å²) in [6, 6.07) is 108. The van der Waals surface area contributed by atoms with E-state index in [2.05, 4.69) is 379 Å². The normalized spacial score (nSPS) is 10.9. The van der Waals surface area contributed by atoms with Gasteiger partial charge in [0.1, 0.15) is 0 Å². The van der Waals surface area contributed by atoms with Crippen LogP contribution in [0, 0.1) is 0 Å². The molecule has 0 bridgehead atoms. The van der Waals surface area contributed by atoms with Gasteiger partial charge in [0.2, 0.25) is 0 Å². The molecule has 0 spiro atoms. The quantitative estimate of drug-likeness (QED) is 0.109. The van der Waals surface area contributed by atoms with Gasteiger partial charge in [0.25, 0.3) is 0 Å². The van der Waals surface area contributed by atoms with Crippen molar-refractivity contribution < 1.29 is 5.76 Å². The number of hydrogen-bond acceptors (Lipinski definition) is 4. The standard InChI is InChI=1S/C36H24Br2N2.C36H26N2.CH3F.BHNS/c37-27-13-19-31(20-14-27)39(32-21-15-28(38)16-22-32)30-17-10-25(11-18-30)26-12-23-36-34(24-26)33-8-4-5-9-35(33)40(36)29-6-2-1-3-7-29;1-4-12-29(13-5-1)37(30-14-6-2-7-15-30)32-23-20-27(21-24-32)28-22-25-36-34(26-28)33-18-10-11-19-35(33)38(36)31-16-8-3-9-17-31;1-2;1-2-3/h1-24H;1-26H;1H3;3H/i;;1D;. The second kappa shape index (κ2) is 26.2. The van der Waals surface area contributed by atoms with Gasteiger partial charge >= 0.3 is 24.8 Å². The molecule has 401 valence electrons. The first-order valence-electron chi connectivity index (χ1n) is 27.6. The zero-order valence-electron chi connectivity index (χ0n) is 46.0. The summed E-state index contributed by atoms with van der Waals surface area (Å²) in [6.45, 7) is 0. The molecule has 83 heavy (non-hydrogen) atoms. The molecule has 12 aromatic carbocycles. The second-order valence-electron chi connectivity index (χ2n) is 19.3. The topological polar surface area (TPSA) is 28.7 Å². The number of benzene rings is 12. The Kier molecular flexibility index (Phi) is 17.2. The van der Waals surface area contributed by atoms with Crippen LogP contribution in [0.2, 0.25) is 0 Å². The van der Waals surface area contributed by atoms with Gasteiger partial charge < -0.3 is 18.9 Å². The third kappa shape index (κ3) is 12.0. The summed E-state index contributed by atoms with van der Waals surface area (Å²) in [5.74, 6) is 0. The molecule has 14 aromatic rings. The first-order chi connectivity index (χ1) is 41.3. The van der Waals surface area contributed by atoms with E-state index in [0.717, 1.165) is 43.1 Å². The van der Waals surface area contributed by atoms with Gasteiger partial charge in [0, 0.05) is 76.0 Å². The Labute approximate surface area is 508 Å². The summed E-state index contributed by atoms with van der Waals surface area (Å²) < 4.78 is 25.0. The van der Waals surface area contributed by atoms with E-state index in [0.29, 0.717) is 0 Å². The molecule has 0 aliphatic carbocycles. The molecule has 0 atom stereocenters. The first kappa shape index (κ1) is 54.5. The van der Waals surface area contributed by atoms with Gasteiger partial charge in [-0.3, -0.25) is 4.39 Å². The number of halogens is 3. The molecule has 0 aliphatic heterocycles. The summed E-state index contributed by atoms with van der Waals surface area (Å²) in [5.41, 5.74) is 18.8. The maximum Gasteiger partial charge on any atom is 0.0541 e. The Morgan fingerprint density at radius 2 is 0.602 bits per heavy atom. The average molecular weight is 1220 g/mol. The molecule has 14 rings (SSSR count). The number of aromatic nitrogens is 2. The van der Waals surface area contributed by atoms with E-state index in [-0.39, 0.29) is 0 Å². The van der Waals surface area contributed by atoms with E-state index in [1.165, 1.54) is 77.2 Å². The zero-order chi connectivity index (χ0) is 57.8. The number of anilines is 6. The van der Waals surface area contributed by atoms with Crippen LogP contribution in [0.15, 0.2) is 317 Å². The summed E-state index contributed by atoms with van der Waals surface area (Å²) in [7, 11) is 3.34. The minimum absolute atomic E-state index is 1.00. The molecule has 0 aliphatic rings. The Bertz CT molecular complexity index is 4370. The molecule has 0 saturated carbocycles. The first-order valence-corrected chi connectivity index (χ1v) is 28.8. The van der Waals surface area contributed by atoms with Gasteiger partial charge in [-0.25, -0.2) is 0 Å². The fraction of sp³-hybridized carbons (Fsp3) is 0.0137. The van der Waals surface area contributed by atoms with Crippen LogP contribution in [0.4, 0.5) is 38.5 Å². The van der Waals surface area contributed by atoms with Crippen molar-refractivity contribution in [3.8, 4) is 33.6 Å². The predicted octanol–water partition coefficient (Wildman–Crippen LogP) is 22.1. The fourth-order valence-corrected chi connectivity index (χ4v) is 11.4. The predicted molar refractivity (Wildman–Crippen MR) is 361 cm³/mol. The molecule has 2 aromatic heterocycles. The number of hydrogen-bond donors (Lipinski definition) is 1. The van der Waals surface area contributed by atoms with E-state index in [9.17, 15) is 4.39 Å². The molecular formula is C73H54BBr2FN5S. The Hall–Kier alpha value is -9.06. The van der Waals surface area contributed by atoms with Crippen LogP contribution in [0.5, 0.6) is 0 Å². The van der Waals surface area contributed by atoms with Gasteiger partial charge in [-0.15, -0.1) is 0 Å². The van der Waals surface area contributed by atoms with Crippen LogP contribution in [-0.2, 0) is 0 Å². The van der Waals surface area contributed by atoms with Crippen LogP contribution >= 0.6 is 44.7 Å². The summed E-state index contributed by atoms with van der Waals surface area (Å²) in [6.07, 6.45) is 0. The van der Waals surface area contributed by atoms with Crippen molar-refractivity contribution in [1.82, 2.24) is 9.13 Å². The summed E-state index contributed by atoms with van der Waals surface area (Å²) in [5, 5.41) is 5.05. The van der Waals surface area contributed by atoms with Crippen molar-refractivity contribution in [2.24, 2.45) is 4.30 Å². The number of para-hydroxylation sites is 6. The van der Waals surface area contributed by atoms with Crippen LogP contribution < -0.4 is 9.80 Å². The maximum atomic E-state index is 9.96. The van der Waals surface area contributed by atoms with E-state index in [1.54, 1.807) is 0 Å². The van der Waals surface area contributed by atoms with Crippen molar-refractivity contribution in [1.29, 1.82) is 0 Å². The molecule has 0 saturated heterocycles. The van der Waals surface area contributed by atoms with E-state index >= 15 is 0 Å². The van der Waals surface area contributed by atoms with E-state index in [1.807, 2.05) is 0 Å². The van der Waals surface area contributed by atoms with Gasteiger partial charge in [0.05, 0.1) is 30.6 Å². The van der Waals surface area contributed by atoms with Crippen LogP contribution in [0.25, 0.3) is 77.2 Å². The zero-order valence-corrected chi connectivity index (χ0v) is 49.0. The molecule has 0 amide bonds. The van der Waals surface area contributed by atoms with Crippen molar-refractivity contribution >= 4 is 130 Å². The largest absolute Gasteiger partial charge is 0.311 e. The second-order valence-corrected chi connectivity index (χ2v) is 21.4. The third-order valence-electron chi connectivity index (χ3n) is 14.5. The smallest absolute Gasteiger partial charge is 0.0541 e. The van der Waals surface area contributed by atoms with Gasteiger partial charge in [-0.1, -0.05) is 177 Å². The average Bonchev–Trinajstić information content (AvgIpc) is 2.87. The monoisotopic (exact) mass is 1220 g/mol. The molecule has 0 fully saturated rings. The minimum atomic E-state index is -1.00. The van der Waals surface area contributed by atoms with Crippen molar-refractivity contribution in [3.05, 3.63) is 312 Å². The Morgan fingerprint density at radius 1 is 0.349 bits per heavy atom. The minimum Gasteiger partial charge on any atom is -0.311 e. The molecular weight excluding hydrogens is 1170 g/mol. The number of rotatable bonds is 10. The Morgan fingerprint density at radius 3 is 0.940 bits per heavy atom. The summed E-state index contributed by atoms with van der Waals surface area (Å²) in [4.78, 5) is 4.57. The Balaban J connectivity index is 0.000000161. The van der Waals surface area contributed by atoms with E-state index < -0.39 is 7.15 Å². The van der Waals surface area contributed by atoms with Gasteiger partial charge in [0.15, 0.2) is 0 Å². The van der Waals surface area contributed by atoms with Gasteiger partial charge in [-0.2, -0.15) is 0 Å². The molecule has 10 heteroatoms. The third-order valence-corrected chi connectivity index (χ3v) is 15.5. The van der Waals surface area contributed by atoms with Crippen molar-refractivity contribution in [2.45, 2.75) is 0 Å². The maximum absolute atomic E-state index is 9.96. The van der Waals surface area contributed by atoms with Gasteiger partial charge in [-0.05, 0) is 180 Å². The molecule has 5 nitrogen and oxygen atoms in total. The van der Waals surface area contributed by atoms with Crippen LogP contribution in [0.1, 0.15) is 1.37 Å². The number of nitrogens with zero attached hydrogens (tertiary/aromatic N) is 5. The molecule has 0 N–H and O–H groups in total. The number of thiol groups is 1. The van der Waals surface area contributed by atoms with Crippen molar-refractivity contribution in [3.63, 3.8) is 0 Å². The molecule has 1 radical (unpaired) electrons. The summed E-state index contributed by atoms with van der Waals surface area (Å²) >= 11 is 10.3. The number of fused-ring (bicyclic) bond motifs is 6. The number of alkyl halides is 1. The fourth-order valence-electron chi connectivity index (χ4n) is 10.9. The van der Waals surface area contributed by atoms with Crippen LogP contribution in [0.3, 0.4) is 0 Å². The SMILES string of the molecule is Brc1ccc(N(c2ccc(Br)cc2)c2ccc(-c3ccc4c(c3)c3ccccc3n4-c3ccccc3)cc2)cc1.[2H]CF.[B]=NS.c1ccc(N(c2ccccc2)c2ccc(-c3ccc4c(c3)c3ccccc3n4-c3ccccc3)cc2)cc1. The van der Waals surface area contributed by atoms with Crippen LogP contribution in [-0.4, -0.2) is 23.9 Å². The van der Waals surface area contributed by atoms with Crippen molar-refractivity contribution in [2.75, 3.05) is 17.0 Å². The van der Waals surface area contributed by atoms with E-state index in [4.69, 9.17) is 1.37 Å². The molecule has 2 heterocycles.